The summed E-state index contributed by atoms with van der Waals surface area (Å²) >= 11 is 0. The first-order chi connectivity index (χ1) is 13.2. The van der Waals surface area contributed by atoms with E-state index >= 15 is 0 Å². The summed E-state index contributed by atoms with van der Waals surface area (Å²) in [7, 11) is 0. The van der Waals surface area contributed by atoms with Gasteiger partial charge in [0, 0.05) is 5.69 Å². The Morgan fingerprint density at radius 3 is 2.39 bits per heavy atom. The van der Waals surface area contributed by atoms with Crippen LogP contribution >= 0.6 is 0 Å². The monoisotopic (exact) mass is 384 g/mol. The molecule has 0 heterocycles. The Morgan fingerprint density at radius 1 is 1.04 bits per heavy atom. The SMILES string of the molecule is Cc1cccc(NC(=O)C(COCc2ccccc2)NC(=O)OC(C)(C)C)c1. The van der Waals surface area contributed by atoms with Gasteiger partial charge in [-0.1, -0.05) is 42.5 Å². The molecule has 2 amide bonds. The molecule has 0 aliphatic carbocycles. The highest BCUT2D eigenvalue weighted by molar-refractivity contribution is 5.96. The molecule has 0 aliphatic heterocycles. The molecule has 0 bridgehead atoms. The number of alkyl carbamates (subject to hydrolysis) is 1. The zero-order valence-corrected chi connectivity index (χ0v) is 16.8. The van der Waals surface area contributed by atoms with Crippen LogP contribution in [0.25, 0.3) is 0 Å². The lowest BCUT2D eigenvalue weighted by molar-refractivity contribution is -0.119. The van der Waals surface area contributed by atoms with Crippen molar-refractivity contribution in [2.45, 2.75) is 45.9 Å². The Bertz CT molecular complexity index is 785. The van der Waals surface area contributed by atoms with Crippen LogP contribution in [0.4, 0.5) is 10.5 Å². The molecular formula is C22H28N2O4. The van der Waals surface area contributed by atoms with E-state index in [0.717, 1.165) is 11.1 Å². The lowest BCUT2D eigenvalue weighted by Gasteiger charge is -2.23. The van der Waals surface area contributed by atoms with Crippen molar-refractivity contribution in [2.75, 3.05) is 11.9 Å². The highest BCUT2D eigenvalue weighted by atomic mass is 16.6. The number of anilines is 1. The molecule has 0 aromatic heterocycles. The first kappa shape index (κ1) is 21.4. The topological polar surface area (TPSA) is 76.7 Å². The van der Waals surface area contributed by atoms with E-state index in [4.69, 9.17) is 9.47 Å². The van der Waals surface area contributed by atoms with Crippen molar-refractivity contribution >= 4 is 17.7 Å². The number of hydrogen-bond acceptors (Lipinski definition) is 4. The Kier molecular flexibility index (Phi) is 7.58. The van der Waals surface area contributed by atoms with E-state index in [9.17, 15) is 9.59 Å². The van der Waals surface area contributed by atoms with Crippen molar-refractivity contribution < 1.29 is 19.1 Å². The minimum absolute atomic E-state index is 0.0196. The minimum Gasteiger partial charge on any atom is -0.444 e. The van der Waals surface area contributed by atoms with Gasteiger partial charge in [0.05, 0.1) is 13.2 Å². The van der Waals surface area contributed by atoms with Crippen molar-refractivity contribution in [1.82, 2.24) is 5.32 Å². The van der Waals surface area contributed by atoms with Gasteiger partial charge < -0.3 is 20.1 Å². The first-order valence-electron chi connectivity index (χ1n) is 9.22. The summed E-state index contributed by atoms with van der Waals surface area (Å²) in [6.07, 6.45) is -0.666. The van der Waals surface area contributed by atoms with E-state index in [1.807, 2.05) is 55.5 Å². The van der Waals surface area contributed by atoms with Crippen molar-refractivity contribution in [3.8, 4) is 0 Å². The van der Waals surface area contributed by atoms with Crippen LogP contribution in [0.15, 0.2) is 54.6 Å². The van der Waals surface area contributed by atoms with Gasteiger partial charge in [0.25, 0.3) is 0 Å². The van der Waals surface area contributed by atoms with Gasteiger partial charge in [-0.3, -0.25) is 4.79 Å². The predicted octanol–water partition coefficient (Wildman–Crippen LogP) is 4.04. The summed E-state index contributed by atoms with van der Waals surface area (Å²) in [6.45, 7) is 7.59. The molecule has 2 N–H and O–H groups in total. The highest BCUT2D eigenvalue weighted by Crippen LogP contribution is 2.11. The van der Waals surface area contributed by atoms with E-state index in [-0.39, 0.29) is 12.5 Å². The molecule has 1 unspecified atom stereocenters. The van der Waals surface area contributed by atoms with E-state index < -0.39 is 17.7 Å². The van der Waals surface area contributed by atoms with E-state index in [1.165, 1.54) is 0 Å². The van der Waals surface area contributed by atoms with Gasteiger partial charge in [0.2, 0.25) is 5.91 Å². The predicted molar refractivity (Wildman–Crippen MR) is 109 cm³/mol. The van der Waals surface area contributed by atoms with Crippen LogP contribution in [0.5, 0.6) is 0 Å². The second kappa shape index (κ2) is 9.90. The van der Waals surface area contributed by atoms with Crippen LogP contribution in [0, 0.1) is 6.92 Å². The zero-order valence-electron chi connectivity index (χ0n) is 16.8. The minimum atomic E-state index is -0.890. The Balaban J connectivity index is 2.01. The molecule has 6 heteroatoms. The normalized spacial score (nSPS) is 12.1. The molecule has 0 saturated carbocycles. The Hall–Kier alpha value is -2.86. The van der Waals surface area contributed by atoms with Crippen LogP contribution in [0.3, 0.4) is 0 Å². The number of benzene rings is 2. The number of carbonyl (C=O) groups is 2. The van der Waals surface area contributed by atoms with E-state index in [1.54, 1.807) is 26.8 Å². The number of carbonyl (C=O) groups excluding carboxylic acids is 2. The molecule has 150 valence electrons. The third-order valence-corrected chi connectivity index (χ3v) is 3.69. The quantitative estimate of drug-likeness (QED) is 0.755. The molecule has 0 spiro atoms. The first-order valence-corrected chi connectivity index (χ1v) is 9.22. The van der Waals surface area contributed by atoms with Crippen molar-refractivity contribution in [1.29, 1.82) is 0 Å². The standard InChI is InChI=1S/C22H28N2O4/c1-16-9-8-12-18(13-16)23-20(25)19(24-21(26)28-22(2,3)4)15-27-14-17-10-6-5-7-11-17/h5-13,19H,14-15H2,1-4H3,(H,23,25)(H,24,26). The molecule has 0 fully saturated rings. The molecule has 2 aromatic rings. The average Bonchev–Trinajstić information content (AvgIpc) is 2.60. The molecule has 28 heavy (non-hydrogen) atoms. The van der Waals surface area contributed by atoms with Gasteiger partial charge in [-0.05, 0) is 51.0 Å². The summed E-state index contributed by atoms with van der Waals surface area (Å²) in [5.74, 6) is -0.371. The molecule has 2 aromatic carbocycles. The van der Waals surface area contributed by atoms with Gasteiger partial charge in [-0.15, -0.1) is 0 Å². The maximum absolute atomic E-state index is 12.7. The summed E-state index contributed by atoms with van der Waals surface area (Å²) in [6, 6.07) is 16.2. The molecular weight excluding hydrogens is 356 g/mol. The largest absolute Gasteiger partial charge is 0.444 e. The van der Waals surface area contributed by atoms with Gasteiger partial charge in [0.15, 0.2) is 0 Å². The average molecular weight is 384 g/mol. The fourth-order valence-electron chi connectivity index (χ4n) is 2.45. The third-order valence-electron chi connectivity index (χ3n) is 3.69. The van der Waals surface area contributed by atoms with Crippen molar-refractivity contribution in [2.24, 2.45) is 0 Å². The Labute approximate surface area is 166 Å². The highest BCUT2D eigenvalue weighted by Gasteiger charge is 2.25. The summed E-state index contributed by atoms with van der Waals surface area (Å²) < 4.78 is 10.9. The Morgan fingerprint density at radius 2 is 1.75 bits per heavy atom. The molecule has 0 aliphatic rings. The lowest BCUT2D eigenvalue weighted by Crippen LogP contribution is -2.48. The molecule has 1 atom stereocenters. The van der Waals surface area contributed by atoms with Gasteiger partial charge in [-0.2, -0.15) is 0 Å². The number of nitrogens with one attached hydrogen (secondary N) is 2. The van der Waals surface area contributed by atoms with Gasteiger partial charge >= 0.3 is 6.09 Å². The van der Waals surface area contributed by atoms with Crippen LogP contribution in [0.1, 0.15) is 31.9 Å². The maximum atomic E-state index is 12.7. The van der Waals surface area contributed by atoms with Crippen molar-refractivity contribution in [3.63, 3.8) is 0 Å². The summed E-state index contributed by atoms with van der Waals surface area (Å²) in [5.41, 5.74) is 2.00. The van der Waals surface area contributed by atoms with Gasteiger partial charge in [0.1, 0.15) is 11.6 Å². The number of aryl methyl sites for hydroxylation is 1. The van der Waals surface area contributed by atoms with Crippen LogP contribution in [0.2, 0.25) is 0 Å². The van der Waals surface area contributed by atoms with E-state index in [2.05, 4.69) is 10.6 Å². The third kappa shape index (κ3) is 7.80. The van der Waals surface area contributed by atoms with Crippen LogP contribution < -0.4 is 10.6 Å². The zero-order chi connectivity index (χ0) is 20.6. The molecule has 0 radical (unpaired) electrons. The number of ether oxygens (including phenoxy) is 2. The van der Waals surface area contributed by atoms with Crippen molar-refractivity contribution in [3.05, 3.63) is 65.7 Å². The lowest BCUT2D eigenvalue weighted by atomic mass is 10.2. The maximum Gasteiger partial charge on any atom is 0.408 e. The number of amides is 2. The molecule has 6 nitrogen and oxygen atoms in total. The van der Waals surface area contributed by atoms with Gasteiger partial charge in [-0.25, -0.2) is 4.79 Å². The van der Waals surface area contributed by atoms with Crippen LogP contribution in [-0.4, -0.2) is 30.3 Å². The van der Waals surface area contributed by atoms with Crippen LogP contribution in [-0.2, 0) is 20.9 Å². The fourth-order valence-corrected chi connectivity index (χ4v) is 2.45. The second-order valence-electron chi connectivity index (χ2n) is 7.56. The molecule has 2 rings (SSSR count). The summed E-state index contributed by atoms with van der Waals surface area (Å²) in [4.78, 5) is 24.9. The number of hydrogen-bond donors (Lipinski definition) is 2. The number of rotatable bonds is 7. The van der Waals surface area contributed by atoms with E-state index in [0.29, 0.717) is 12.3 Å². The molecule has 0 saturated heterocycles. The fraction of sp³-hybridized carbons (Fsp3) is 0.364. The summed E-state index contributed by atoms with van der Waals surface area (Å²) in [5, 5.41) is 5.41. The smallest absolute Gasteiger partial charge is 0.408 e. The second-order valence-corrected chi connectivity index (χ2v) is 7.56.